The van der Waals surface area contributed by atoms with Crippen molar-refractivity contribution in [2.75, 3.05) is 6.54 Å². The number of nitrogens with two attached hydrogens (primary N) is 1. The van der Waals surface area contributed by atoms with E-state index >= 15 is 0 Å². The molecule has 0 spiro atoms. The van der Waals surface area contributed by atoms with E-state index in [4.69, 9.17) is 5.73 Å². The minimum Gasteiger partial charge on any atom is -0.368 e. The normalized spacial score (nSPS) is 23.4. The second-order valence-corrected chi connectivity index (χ2v) is 3.13. The zero-order chi connectivity index (χ0) is 9.30. The summed E-state index contributed by atoms with van der Waals surface area (Å²) < 4.78 is 0. The van der Waals surface area contributed by atoms with Crippen molar-refractivity contribution in [2.45, 2.75) is 11.7 Å². The molecule has 0 saturated carbocycles. The molecule has 5 nitrogen and oxygen atoms in total. The monoisotopic (exact) mass is 188 g/mol. The van der Waals surface area contributed by atoms with Crippen molar-refractivity contribution in [1.29, 1.82) is 0 Å². The van der Waals surface area contributed by atoms with Crippen LogP contribution in [0.4, 0.5) is 0 Å². The lowest BCUT2D eigenvalue weighted by atomic mass is 10.4. The second-order valence-electron chi connectivity index (χ2n) is 2.50. The molecule has 2 N–H and O–H groups in total. The van der Waals surface area contributed by atoms with Gasteiger partial charge in [-0.2, -0.15) is 12.6 Å². The first-order valence-corrected chi connectivity index (χ1v) is 3.84. The van der Waals surface area contributed by atoms with E-state index in [-0.39, 0.29) is 18.9 Å². The average molecular weight is 188 g/mol. The van der Waals surface area contributed by atoms with Crippen LogP contribution in [0.15, 0.2) is 0 Å². The molecule has 1 saturated heterocycles. The number of carbonyl (C=O) groups is 3. The molecule has 6 heteroatoms. The summed E-state index contributed by atoms with van der Waals surface area (Å²) >= 11 is 3.86. The minimum absolute atomic E-state index is 0.0508. The number of hydrogen-bond donors (Lipinski definition) is 2. The molecule has 0 aromatic heterocycles. The maximum absolute atomic E-state index is 11.1. The minimum atomic E-state index is -0.695. The molecule has 0 radical (unpaired) electrons. The van der Waals surface area contributed by atoms with Crippen LogP contribution in [0.2, 0.25) is 0 Å². The average Bonchev–Trinajstić information content (AvgIpc) is 2.16. The van der Waals surface area contributed by atoms with Crippen LogP contribution in [0, 0.1) is 0 Å². The second kappa shape index (κ2) is 3.14. The van der Waals surface area contributed by atoms with Gasteiger partial charge in [0.2, 0.25) is 17.7 Å². The predicted octanol–water partition coefficient (Wildman–Crippen LogP) is -1.47. The van der Waals surface area contributed by atoms with Gasteiger partial charge < -0.3 is 5.73 Å². The van der Waals surface area contributed by atoms with E-state index in [0.29, 0.717) is 0 Å². The number of imide groups is 1. The summed E-state index contributed by atoms with van der Waals surface area (Å²) in [5, 5.41) is -0.614. The van der Waals surface area contributed by atoms with Gasteiger partial charge in [0.25, 0.3) is 0 Å². The summed E-state index contributed by atoms with van der Waals surface area (Å²) in [6, 6.07) is 0. The molecule has 0 aliphatic carbocycles. The first-order valence-electron chi connectivity index (χ1n) is 3.33. The van der Waals surface area contributed by atoms with Crippen LogP contribution in [0.25, 0.3) is 0 Å². The highest BCUT2D eigenvalue weighted by molar-refractivity contribution is 7.81. The molecule has 1 atom stereocenters. The van der Waals surface area contributed by atoms with Gasteiger partial charge in [-0.1, -0.05) is 0 Å². The molecule has 1 heterocycles. The Balaban J connectivity index is 2.70. The molecule has 0 unspecified atom stereocenters. The maximum atomic E-state index is 11.1. The Morgan fingerprint density at radius 3 is 2.58 bits per heavy atom. The van der Waals surface area contributed by atoms with Gasteiger partial charge in [0.1, 0.15) is 6.54 Å². The lowest BCUT2D eigenvalue weighted by molar-refractivity contribution is -0.141. The van der Waals surface area contributed by atoms with Gasteiger partial charge in [-0.3, -0.25) is 19.3 Å². The molecular weight excluding hydrogens is 180 g/mol. The highest BCUT2D eigenvalue weighted by Crippen LogP contribution is 2.16. The molecule has 1 rings (SSSR count). The van der Waals surface area contributed by atoms with Crippen molar-refractivity contribution < 1.29 is 14.4 Å². The van der Waals surface area contributed by atoms with Crippen molar-refractivity contribution in [3.63, 3.8) is 0 Å². The SMILES string of the molecule is NC(=O)CN1C(=O)C[C@@H](S)C1=O. The van der Waals surface area contributed by atoms with Gasteiger partial charge in [-0.15, -0.1) is 0 Å². The van der Waals surface area contributed by atoms with Gasteiger partial charge in [0.05, 0.1) is 5.25 Å². The first-order chi connectivity index (χ1) is 5.52. The molecule has 1 fully saturated rings. The zero-order valence-electron chi connectivity index (χ0n) is 6.19. The van der Waals surface area contributed by atoms with Crippen LogP contribution in [-0.4, -0.2) is 34.4 Å². The van der Waals surface area contributed by atoms with Crippen molar-refractivity contribution in [2.24, 2.45) is 5.73 Å². The number of amides is 3. The molecule has 1 aliphatic rings. The third-order valence-electron chi connectivity index (χ3n) is 1.53. The highest BCUT2D eigenvalue weighted by atomic mass is 32.1. The molecular formula is C6H8N2O3S. The maximum Gasteiger partial charge on any atom is 0.243 e. The number of nitrogens with zero attached hydrogens (tertiary/aromatic N) is 1. The van der Waals surface area contributed by atoms with Crippen molar-refractivity contribution >= 4 is 30.4 Å². The van der Waals surface area contributed by atoms with Crippen LogP contribution in [-0.2, 0) is 14.4 Å². The number of carbonyl (C=O) groups excluding carboxylic acids is 3. The molecule has 1 aliphatic heterocycles. The Hall–Kier alpha value is -1.04. The van der Waals surface area contributed by atoms with E-state index in [0.717, 1.165) is 4.90 Å². The van der Waals surface area contributed by atoms with Gasteiger partial charge in [-0.25, -0.2) is 0 Å². The topological polar surface area (TPSA) is 80.5 Å². The Labute approximate surface area is 74.3 Å². The third kappa shape index (κ3) is 1.58. The lowest BCUT2D eigenvalue weighted by Gasteiger charge is -2.10. The van der Waals surface area contributed by atoms with Crippen molar-refractivity contribution in [1.82, 2.24) is 4.90 Å². The largest absolute Gasteiger partial charge is 0.368 e. The van der Waals surface area contributed by atoms with Crippen molar-refractivity contribution in [3.8, 4) is 0 Å². The summed E-state index contributed by atoms with van der Waals surface area (Å²) in [7, 11) is 0. The summed E-state index contributed by atoms with van der Waals surface area (Å²) in [5.41, 5.74) is 4.83. The molecule has 66 valence electrons. The van der Waals surface area contributed by atoms with E-state index < -0.39 is 17.1 Å². The van der Waals surface area contributed by atoms with E-state index in [2.05, 4.69) is 12.6 Å². The molecule has 0 bridgehead atoms. The quantitative estimate of drug-likeness (QED) is 0.410. The fraction of sp³-hybridized carbons (Fsp3) is 0.500. The van der Waals surface area contributed by atoms with Gasteiger partial charge >= 0.3 is 0 Å². The first kappa shape index (κ1) is 9.05. The number of primary amides is 1. The van der Waals surface area contributed by atoms with Crippen LogP contribution >= 0.6 is 12.6 Å². The summed E-state index contributed by atoms with van der Waals surface area (Å²) in [5.74, 6) is -1.53. The van der Waals surface area contributed by atoms with Gasteiger partial charge in [0.15, 0.2) is 0 Å². The van der Waals surface area contributed by atoms with Gasteiger partial charge in [-0.05, 0) is 0 Å². The Bertz CT molecular complexity index is 253. The highest BCUT2D eigenvalue weighted by Gasteiger charge is 2.36. The van der Waals surface area contributed by atoms with E-state index in [9.17, 15) is 14.4 Å². The smallest absolute Gasteiger partial charge is 0.243 e. The van der Waals surface area contributed by atoms with Gasteiger partial charge in [0, 0.05) is 6.42 Å². The Morgan fingerprint density at radius 2 is 2.25 bits per heavy atom. The molecule has 3 amide bonds. The Morgan fingerprint density at radius 1 is 1.67 bits per heavy atom. The number of thiol groups is 1. The standard InChI is InChI=1S/C6H8N2O3S/c7-4(9)2-8-5(10)1-3(12)6(8)11/h3,12H,1-2H2,(H2,7,9)/t3-/m1/s1. The molecule has 0 aromatic carbocycles. The Kier molecular flexibility index (Phi) is 2.37. The number of hydrogen-bond acceptors (Lipinski definition) is 4. The molecule has 12 heavy (non-hydrogen) atoms. The van der Waals surface area contributed by atoms with E-state index in [1.807, 2.05) is 0 Å². The zero-order valence-corrected chi connectivity index (χ0v) is 7.08. The molecule has 0 aromatic rings. The fourth-order valence-corrected chi connectivity index (χ4v) is 1.28. The van der Waals surface area contributed by atoms with Crippen LogP contribution in [0.5, 0.6) is 0 Å². The van der Waals surface area contributed by atoms with Crippen molar-refractivity contribution in [3.05, 3.63) is 0 Å². The van der Waals surface area contributed by atoms with E-state index in [1.54, 1.807) is 0 Å². The summed E-state index contributed by atoms with van der Waals surface area (Å²) in [6.07, 6.45) is 0.0508. The predicted molar refractivity (Wildman–Crippen MR) is 43.3 cm³/mol. The summed E-state index contributed by atoms with van der Waals surface area (Å²) in [4.78, 5) is 33.3. The lowest BCUT2D eigenvalue weighted by Crippen LogP contribution is -2.38. The number of rotatable bonds is 2. The third-order valence-corrected chi connectivity index (χ3v) is 1.94. The van der Waals surface area contributed by atoms with Crippen LogP contribution in [0.1, 0.15) is 6.42 Å². The van der Waals surface area contributed by atoms with Crippen LogP contribution < -0.4 is 5.73 Å². The van der Waals surface area contributed by atoms with Crippen LogP contribution in [0.3, 0.4) is 0 Å². The number of likely N-dealkylation sites (tertiary alicyclic amines) is 1. The van der Waals surface area contributed by atoms with E-state index in [1.165, 1.54) is 0 Å². The fourth-order valence-electron chi connectivity index (χ4n) is 0.988. The summed E-state index contributed by atoms with van der Waals surface area (Å²) in [6.45, 7) is -0.339.